The van der Waals surface area contributed by atoms with Gasteiger partial charge in [-0.05, 0) is 42.5 Å². The highest BCUT2D eigenvalue weighted by molar-refractivity contribution is 6.34. The average molecular weight is 353 g/mol. The molecule has 0 heterocycles. The Morgan fingerprint density at radius 3 is 2.09 bits per heavy atom. The molecule has 0 aromatic heterocycles. The van der Waals surface area contributed by atoms with Crippen LogP contribution in [0.5, 0.6) is 5.75 Å². The van der Waals surface area contributed by atoms with E-state index in [1.54, 1.807) is 44.4 Å². The number of hydrogen-bond acceptors (Lipinski definition) is 3. The summed E-state index contributed by atoms with van der Waals surface area (Å²) in [6.07, 6.45) is 0. The van der Waals surface area contributed by atoms with Gasteiger partial charge in [0.1, 0.15) is 5.75 Å². The summed E-state index contributed by atoms with van der Waals surface area (Å²) in [5.74, 6) is -0.286. The van der Waals surface area contributed by atoms with Gasteiger partial charge in [-0.25, -0.2) is 9.59 Å². The lowest BCUT2D eigenvalue weighted by Crippen LogP contribution is -2.27. The van der Waals surface area contributed by atoms with Crippen molar-refractivity contribution in [1.29, 1.82) is 0 Å². The molecule has 2 amide bonds. The minimum absolute atomic E-state index is 0.256. The number of nitrogens with one attached hydrogen (secondary N) is 1. The molecule has 2 aromatic carbocycles. The second kappa shape index (κ2) is 7.35. The van der Waals surface area contributed by atoms with E-state index in [0.717, 1.165) is 0 Å². The summed E-state index contributed by atoms with van der Waals surface area (Å²) in [4.78, 5) is 25.0. The van der Waals surface area contributed by atoms with Gasteiger partial charge in [-0.2, -0.15) is 0 Å². The van der Waals surface area contributed by atoms with Gasteiger partial charge in [-0.3, -0.25) is 0 Å². The fraction of sp³-hybridized carbons (Fsp3) is 0.125. The van der Waals surface area contributed by atoms with Crippen molar-refractivity contribution in [3.05, 3.63) is 58.1 Å². The third-order valence-electron chi connectivity index (χ3n) is 2.82. The number of esters is 1. The number of urea groups is 1. The average Bonchev–Trinajstić information content (AvgIpc) is 2.46. The van der Waals surface area contributed by atoms with E-state index < -0.39 is 5.97 Å². The SMILES string of the molecule is CN(C)C(=O)Nc1ccc(C(=O)Oc2cc(Cl)cc(Cl)c2)cc1. The van der Waals surface area contributed by atoms with Gasteiger partial charge in [0.15, 0.2) is 0 Å². The van der Waals surface area contributed by atoms with Crippen molar-refractivity contribution in [2.24, 2.45) is 0 Å². The number of ether oxygens (including phenoxy) is 1. The molecular formula is C16H14Cl2N2O3. The van der Waals surface area contributed by atoms with Crippen LogP contribution in [0.4, 0.5) is 10.5 Å². The first-order chi connectivity index (χ1) is 10.8. The van der Waals surface area contributed by atoms with Gasteiger partial charge < -0.3 is 15.0 Å². The van der Waals surface area contributed by atoms with E-state index in [2.05, 4.69) is 5.32 Å². The van der Waals surface area contributed by atoms with E-state index in [1.165, 1.54) is 17.0 Å². The Morgan fingerprint density at radius 2 is 1.57 bits per heavy atom. The predicted molar refractivity (Wildman–Crippen MR) is 90.6 cm³/mol. The maximum absolute atomic E-state index is 12.1. The standard InChI is InChI=1S/C16H14Cl2N2O3/c1-20(2)16(22)19-13-5-3-10(4-6-13)15(21)23-14-8-11(17)7-12(18)9-14/h3-9H,1-2H3,(H,19,22). The molecule has 0 atom stereocenters. The lowest BCUT2D eigenvalue weighted by Gasteiger charge is -2.12. The van der Waals surface area contributed by atoms with E-state index in [-0.39, 0.29) is 11.8 Å². The van der Waals surface area contributed by atoms with Gasteiger partial charge in [-0.15, -0.1) is 0 Å². The second-order valence-electron chi connectivity index (χ2n) is 4.90. The van der Waals surface area contributed by atoms with Crippen LogP contribution in [0.1, 0.15) is 10.4 Å². The molecule has 5 nitrogen and oxygen atoms in total. The topological polar surface area (TPSA) is 58.6 Å². The van der Waals surface area contributed by atoms with E-state index in [0.29, 0.717) is 21.3 Å². The molecule has 0 bridgehead atoms. The molecule has 2 aromatic rings. The van der Waals surface area contributed by atoms with Crippen LogP contribution in [-0.2, 0) is 0 Å². The highest BCUT2D eigenvalue weighted by Gasteiger charge is 2.11. The number of benzene rings is 2. The van der Waals surface area contributed by atoms with Crippen molar-refractivity contribution in [2.45, 2.75) is 0 Å². The molecule has 0 saturated heterocycles. The zero-order chi connectivity index (χ0) is 17.0. The van der Waals surface area contributed by atoms with Crippen LogP contribution in [0, 0.1) is 0 Å². The maximum Gasteiger partial charge on any atom is 0.343 e. The van der Waals surface area contributed by atoms with E-state index >= 15 is 0 Å². The Balaban J connectivity index is 2.06. The molecule has 0 aliphatic rings. The number of carbonyl (C=O) groups is 2. The van der Waals surface area contributed by atoms with Crippen LogP contribution < -0.4 is 10.1 Å². The van der Waals surface area contributed by atoms with Crippen LogP contribution in [0.2, 0.25) is 10.0 Å². The Hall–Kier alpha value is -2.24. The highest BCUT2D eigenvalue weighted by Crippen LogP contribution is 2.25. The Morgan fingerprint density at radius 1 is 1.00 bits per heavy atom. The molecule has 0 fully saturated rings. The first-order valence-corrected chi connectivity index (χ1v) is 7.37. The normalized spacial score (nSPS) is 10.1. The lowest BCUT2D eigenvalue weighted by molar-refractivity contribution is 0.0735. The van der Waals surface area contributed by atoms with Crippen LogP contribution >= 0.6 is 23.2 Å². The quantitative estimate of drug-likeness (QED) is 0.661. The number of carbonyl (C=O) groups excluding carboxylic acids is 2. The molecular weight excluding hydrogens is 339 g/mol. The Labute approximate surface area is 143 Å². The second-order valence-corrected chi connectivity index (χ2v) is 5.77. The van der Waals surface area contributed by atoms with Crippen LogP contribution in [0.25, 0.3) is 0 Å². The van der Waals surface area contributed by atoms with E-state index in [9.17, 15) is 9.59 Å². The first-order valence-electron chi connectivity index (χ1n) is 6.62. The molecule has 1 N–H and O–H groups in total. The summed E-state index contributed by atoms with van der Waals surface area (Å²) >= 11 is 11.7. The van der Waals surface area contributed by atoms with Crippen molar-refractivity contribution >= 4 is 40.9 Å². The van der Waals surface area contributed by atoms with Crippen molar-refractivity contribution in [1.82, 2.24) is 4.90 Å². The zero-order valence-corrected chi connectivity index (χ0v) is 14.0. The fourth-order valence-corrected chi connectivity index (χ4v) is 2.18. The third kappa shape index (κ3) is 4.87. The van der Waals surface area contributed by atoms with Crippen molar-refractivity contribution in [2.75, 3.05) is 19.4 Å². The summed E-state index contributed by atoms with van der Waals surface area (Å²) in [5.41, 5.74) is 0.912. The third-order valence-corrected chi connectivity index (χ3v) is 3.26. The molecule has 2 rings (SSSR count). The number of hydrogen-bond donors (Lipinski definition) is 1. The number of rotatable bonds is 3. The highest BCUT2D eigenvalue weighted by atomic mass is 35.5. The predicted octanol–water partition coefficient (Wildman–Crippen LogP) is 4.31. The van der Waals surface area contributed by atoms with Crippen molar-refractivity contribution in [3.8, 4) is 5.75 Å². The smallest absolute Gasteiger partial charge is 0.343 e. The summed E-state index contributed by atoms with van der Waals surface area (Å²) in [5, 5.41) is 3.43. The first kappa shape index (κ1) is 17.1. The van der Waals surface area contributed by atoms with Gasteiger partial charge in [0.25, 0.3) is 0 Å². The van der Waals surface area contributed by atoms with Crippen LogP contribution in [0.15, 0.2) is 42.5 Å². The van der Waals surface area contributed by atoms with Crippen LogP contribution in [0.3, 0.4) is 0 Å². The number of nitrogens with zero attached hydrogens (tertiary/aromatic N) is 1. The van der Waals surface area contributed by atoms with E-state index in [1.807, 2.05) is 0 Å². The summed E-state index contributed by atoms with van der Waals surface area (Å²) in [6, 6.07) is 10.6. The molecule has 0 radical (unpaired) electrons. The van der Waals surface area contributed by atoms with Gasteiger partial charge in [0, 0.05) is 29.8 Å². The molecule has 0 aliphatic heterocycles. The lowest BCUT2D eigenvalue weighted by atomic mass is 10.2. The largest absolute Gasteiger partial charge is 0.423 e. The molecule has 0 aliphatic carbocycles. The monoisotopic (exact) mass is 352 g/mol. The summed E-state index contributed by atoms with van der Waals surface area (Å²) in [6.45, 7) is 0. The minimum Gasteiger partial charge on any atom is -0.423 e. The van der Waals surface area contributed by atoms with Crippen molar-refractivity contribution < 1.29 is 14.3 Å². The Bertz CT molecular complexity index is 710. The molecule has 0 saturated carbocycles. The molecule has 23 heavy (non-hydrogen) atoms. The van der Waals surface area contributed by atoms with Gasteiger partial charge in [0.2, 0.25) is 0 Å². The number of anilines is 1. The minimum atomic E-state index is -0.547. The Kier molecular flexibility index (Phi) is 5.47. The molecule has 0 spiro atoms. The summed E-state index contributed by atoms with van der Waals surface area (Å²) < 4.78 is 5.22. The number of halogens is 2. The van der Waals surface area contributed by atoms with Crippen molar-refractivity contribution in [3.63, 3.8) is 0 Å². The van der Waals surface area contributed by atoms with Gasteiger partial charge in [0.05, 0.1) is 5.56 Å². The van der Waals surface area contributed by atoms with E-state index in [4.69, 9.17) is 27.9 Å². The molecule has 0 unspecified atom stereocenters. The van der Waals surface area contributed by atoms with Gasteiger partial charge >= 0.3 is 12.0 Å². The van der Waals surface area contributed by atoms with Gasteiger partial charge in [-0.1, -0.05) is 23.2 Å². The summed E-state index contributed by atoms with van der Waals surface area (Å²) in [7, 11) is 3.27. The van der Waals surface area contributed by atoms with Crippen LogP contribution in [-0.4, -0.2) is 31.0 Å². The molecule has 120 valence electrons. The fourth-order valence-electron chi connectivity index (χ4n) is 1.68. The number of amides is 2. The molecule has 7 heteroatoms. The zero-order valence-electron chi connectivity index (χ0n) is 12.5. The maximum atomic E-state index is 12.1.